The van der Waals surface area contributed by atoms with Gasteiger partial charge in [-0.15, -0.1) is 0 Å². The molecule has 65 valence electrons. The largest absolute Gasteiger partial charge is 0.350 e. The van der Waals surface area contributed by atoms with E-state index in [-0.39, 0.29) is 18.5 Å². The van der Waals surface area contributed by atoms with E-state index in [0.717, 1.165) is 6.04 Å². The number of hydrogen-bond donors (Lipinski definition) is 0. The van der Waals surface area contributed by atoms with Gasteiger partial charge in [0.15, 0.2) is 6.29 Å². The van der Waals surface area contributed by atoms with Crippen molar-refractivity contribution in [3.8, 4) is 0 Å². The van der Waals surface area contributed by atoms with Gasteiger partial charge in [0, 0.05) is 10.2 Å². The molecule has 0 aromatic carbocycles. The van der Waals surface area contributed by atoms with E-state index in [4.69, 9.17) is 9.47 Å². The van der Waals surface area contributed by atoms with E-state index < -0.39 is 0 Å². The smallest absolute Gasteiger partial charge is 0.155 e. The van der Waals surface area contributed by atoms with E-state index in [9.17, 15) is 0 Å². The molecule has 0 aromatic heterocycles. The van der Waals surface area contributed by atoms with Crippen LogP contribution in [0.2, 0.25) is 6.04 Å². The molecule has 0 atom stereocenters. The van der Waals surface area contributed by atoms with E-state index in [1.165, 1.54) is 0 Å². The SMILES string of the molecule is CC(C)OC(C[Si])OC(C)C. The maximum atomic E-state index is 5.44. The lowest BCUT2D eigenvalue weighted by molar-refractivity contribution is -0.169. The normalized spacial score (nSPS) is 12.0. The average molecular weight is 173 g/mol. The Bertz CT molecular complexity index is 84.1. The fraction of sp³-hybridized carbons (Fsp3) is 1.00. The molecule has 0 aliphatic rings. The number of ether oxygens (including phenoxy) is 2. The Morgan fingerprint density at radius 2 is 1.36 bits per heavy atom. The molecule has 2 nitrogen and oxygen atoms in total. The maximum Gasteiger partial charge on any atom is 0.155 e. The highest BCUT2D eigenvalue weighted by Gasteiger charge is 2.09. The maximum absolute atomic E-state index is 5.44. The van der Waals surface area contributed by atoms with Gasteiger partial charge in [-0.2, -0.15) is 0 Å². The van der Waals surface area contributed by atoms with Crippen LogP contribution < -0.4 is 0 Å². The summed E-state index contributed by atoms with van der Waals surface area (Å²) in [5.41, 5.74) is 0. The summed E-state index contributed by atoms with van der Waals surface area (Å²) in [6.07, 6.45) is 0.317. The summed E-state index contributed by atoms with van der Waals surface area (Å²) in [4.78, 5) is 0. The second kappa shape index (κ2) is 5.74. The fourth-order valence-corrected chi connectivity index (χ4v) is 0.928. The van der Waals surface area contributed by atoms with Crippen LogP contribution in [0.25, 0.3) is 0 Å². The summed E-state index contributed by atoms with van der Waals surface area (Å²) in [5, 5.41) is 0. The van der Waals surface area contributed by atoms with Crippen molar-refractivity contribution in [2.75, 3.05) is 0 Å². The summed E-state index contributed by atoms with van der Waals surface area (Å²) in [7, 11) is 3.37. The molecule has 11 heavy (non-hydrogen) atoms. The van der Waals surface area contributed by atoms with Gasteiger partial charge in [0.05, 0.1) is 12.2 Å². The first-order valence-electron chi connectivity index (χ1n) is 4.01. The average Bonchev–Trinajstić information content (AvgIpc) is 1.84. The Balaban J connectivity index is 3.58. The molecule has 0 fully saturated rings. The van der Waals surface area contributed by atoms with E-state index in [1.807, 2.05) is 27.7 Å². The third kappa shape index (κ3) is 6.53. The van der Waals surface area contributed by atoms with Crippen molar-refractivity contribution in [2.24, 2.45) is 0 Å². The summed E-state index contributed by atoms with van der Waals surface area (Å²) >= 11 is 0. The van der Waals surface area contributed by atoms with Crippen molar-refractivity contribution in [2.45, 2.75) is 52.2 Å². The Kier molecular flexibility index (Phi) is 5.82. The van der Waals surface area contributed by atoms with E-state index in [2.05, 4.69) is 10.2 Å². The molecule has 0 saturated carbocycles. The van der Waals surface area contributed by atoms with Gasteiger partial charge >= 0.3 is 0 Å². The molecular weight excluding hydrogens is 156 g/mol. The molecule has 0 rings (SSSR count). The molecule has 0 N–H and O–H groups in total. The monoisotopic (exact) mass is 173 g/mol. The van der Waals surface area contributed by atoms with Gasteiger partial charge in [-0.25, -0.2) is 0 Å². The topological polar surface area (TPSA) is 18.5 Å². The highest BCUT2D eigenvalue weighted by molar-refractivity contribution is 6.08. The summed E-state index contributed by atoms with van der Waals surface area (Å²) in [6.45, 7) is 7.99. The predicted molar refractivity (Wildman–Crippen MR) is 46.8 cm³/mol. The van der Waals surface area contributed by atoms with Gasteiger partial charge in [-0.3, -0.25) is 0 Å². The van der Waals surface area contributed by atoms with Crippen molar-refractivity contribution in [3.05, 3.63) is 0 Å². The van der Waals surface area contributed by atoms with Crippen LogP contribution in [0.4, 0.5) is 0 Å². The van der Waals surface area contributed by atoms with Crippen LogP contribution in [0.5, 0.6) is 0 Å². The Hall–Kier alpha value is 0.137. The summed E-state index contributed by atoms with van der Waals surface area (Å²) < 4.78 is 10.9. The fourth-order valence-electron chi connectivity index (χ4n) is 0.735. The quantitative estimate of drug-likeness (QED) is 0.466. The minimum atomic E-state index is -0.119. The lowest BCUT2D eigenvalue weighted by atomic mass is 10.4. The second-order valence-electron chi connectivity index (χ2n) is 3.00. The first-order chi connectivity index (χ1) is 5.06. The first-order valence-corrected chi connectivity index (χ1v) is 4.72. The van der Waals surface area contributed by atoms with Gasteiger partial charge < -0.3 is 9.47 Å². The Labute approximate surface area is 72.7 Å². The minimum absolute atomic E-state index is 0.119. The molecule has 3 heteroatoms. The van der Waals surface area contributed by atoms with Crippen LogP contribution in [0, 0.1) is 0 Å². The molecule has 3 radical (unpaired) electrons. The molecule has 0 bridgehead atoms. The standard InChI is InChI=1S/C8H17O2Si/c1-6(2)9-8(5-11)10-7(3)4/h6-8H,5H2,1-4H3. The minimum Gasteiger partial charge on any atom is -0.350 e. The molecule has 0 heterocycles. The summed E-state index contributed by atoms with van der Waals surface area (Å²) in [6, 6.07) is 0.719. The lowest BCUT2D eigenvalue weighted by Gasteiger charge is -2.21. The van der Waals surface area contributed by atoms with Crippen LogP contribution in [-0.4, -0.2) is 28.7 Å². The van der Waals surface area contributed by atoms with Gasteiger partial charge in [0.2, 0.25) is 0 Å². The van der Waals surface area contributed by atoms with Crippen LogP contribution in [-0.2, 0) is 9.47 Å². The van der Waals surface area contributed by atoms with Crippen molar-refractivity contribution < 1.29 is 9.47 Å². The van der Waals surface area contributed by atoms with E-state index in [1.54, 1.807) is 0 Å². The highest BCUT2D eigenvalue weighted by Crippen LogP contribution is 2.06. The zero-order valence-electron chi connectivity index (χ0n) is 7.76. The molecule has 0 aliphatic heterocycles. The van der Waals surface area contributed by atoms with E-state index >= 15 is 0 Å². The molecule has 0 saturated heterocycles. The second-order valence-corrected chi connectivity index (χ2v) is 3.41. The summed E-state index contributed by atoms with van der Waals surface area (Å²) in [5.74, 6) is 0. The first kappa shape index (κ1) is 11.1. The van der Waals surface area contributed by atoms with Crippen molar-refractivity contribution in [1.29, 1.82) is 0 Å². The third-order valence-corrected chi connectivity index (χ3v) is 1.35. The van der Waals surface area contributed by atoms with Gasteiger partial charge in [0.25, 0.3) is 0 Å². The van der Waals surface area contributed by atoms with Gasteiger partial charge in [-0.1, -0.05) is 0 Å². The van der Waals surface area contributed by atoms with Crippen LogP contribution in [0.3, 0.4) is 0 Å². The van der Waals surface area contributed by atoms with Gasteiger partial charge in [0.1, 0.15) is 0 Å². The Morgan fingerprint density at radius 3 is 1.55 bits per heavy atom. The van der Waals surface area contributed by atoms with Crippen molar-refractivity contribution in [1.82, 2.24) is 0 Å². The molecule has 0 spiro atoms. The molecule has 0 aromatic rings. The Morgan fingerprint density at radius 1 is 1.00 bits per heavy atom. The molecule has 0 aliphatic carbocycles. The zero-order chi connectivity index (χ0) is 8.85. The predicted octanol–water partition coefficient (Wildman–Crippen LogP) is 1.75. The molecule has 0 amide bonds. The van der Waals surface area contributed by atoms with E-state index in [0.29, 0.717) is 0 Å². The third-order valence-electron chi connectivity index (χ3n) is 1.01. The molecule has 0 unspecified atom stereocenters. The lowest BCUT2D eigenvalue weighted by Crippen LogP contribution is -2.23. The van der Waals surface area contributed by atoms with Crippen molar-refractivity contribution >= 4 is 10.2 Å². The number of rotatable bonds is 5. The zero-order valence-corrected chi connectivity index (χ0v) is 8.76. The van der Waals surface area contributed by atoms with Crippen molar-refractivity contribution in [3.63, 3.8) is 0 Å². The highest BCUT2D eigenvalue weighted by atomic mass is 28.1. The van der Waals surface area contributed by atoms with Crippen LogP contribution in [0.1, 0.15) is 27.7 Å². The van der Waals surface area contributed by atoms with Crippen LogP contribution >= 0.6 is 0 Å². The molecular formula is C8H17O2Si. The van der Waals surface area contributed by atoms with Crippen LogP contribution in [0.15, 0.2) is 0 Å². The number of hydrogen-bond acceptors (Lipinski definition) is 2. The van der Waals surface area contributed by atoms with Gasteiger partial charge in [-0.05, 0) is 33.7 Å².